The second-order valence-corrected chi connectivity index (χ2v) is 8.68. The van der Waals surface area contributed by atoms with E-state index >= 15 is 0 Å². The molecule has 0 aromatic rings. The highest BCUT2D eigenvalue weighted by Crippen LogP contribution is 2.12. The molecule has 0 rings (SSSR count). The van der Waals surface area contributed by atoms with Gasteiger partial charge in [-0.25, -0.2) is 0 Å². The third-order valence-electron chi connectivity index (χ3n) is 4.64. The van der Waals surface area contributed by atoms with E-state index in [4.69, 9.17) is 9.47 Å². The van der Waals surface area contributed by atoms with Gasteiger partial charge in [0.15, 0.2) is 0 Å². The minimum atomic E-state index is -0.367. The van der Waals surface area contributed by atoms with Crippen LogP contribution in [-0.4, -0.2) is 24.6 Å². The maximum absolute atomic E-state index is 11.8. The van der Waals surface area contributed by atoms with Gasteiger partial charge in [0.25, 0.3) is 0 Å². The summed E-state index contributed by atoms with van der Waals surface area (Å²) >= 11 is 0. The molecule has 0 amide bonds. The predicted molar refractivity (Wildman–Crippen MR) is 112 cm³/mol. The first-order valence-electron chi connectivity index (χ1n) is 11.2. The van der Waals surface area contributed by atoms with Crippen LogP contribution < -0.4 is 0 Å². The van der Waals surface area contributed by atoms with Crippen LogP contribution >= 0.6 is 0 Å². The molecule has 1 atom stereocenters. The molecular weight excluding hydrogens is 340 g/mol. The van der Waals surface area contributed by atoms with Gasteiger partial charge < -0.3 is 9.47 Å². The molecule has 0 saturated carbocycles. The van der Waals surface area contributed by atoms with E-state index in [0.717, 1.165) is 37.5 Å². The van der Waals surface area contributed by atoms with Crippen LogP contribution in [0.1, 0.15) is 112 Å². The first-order valence-corrected chi connectivity index (χ1v) is 11.2. The van der Waals surface area contributed by atoms with E-state index in [0.29, 0.717) is 12.8 Å². The maximum atomic E-state index is 11.8. The number of hydrogen-bond donors (Lipinski definition) is 0. The number of carbonyl (C=O) groups excluding carboxylic acids is 2. The van der Waals surface area contributed by atoms with Gasteiger partial charge in [-0.1, -0.05) is 79.1 Å². The molecule has 0 aromatic carbocycles. The summed E-state index contributed by atoms with van der Waals surface area (Å²) in [5.74, 6) is 1.13. The van der Waals surface area contributed by atoms with E-state index in [9.17, 15) is 9.59 Å². The number of ether oxygens (including phenoxy) is 2. The molecule has 4 heteroatoms. The Morgan fingerprint density at radius 1 is 0.630 bits per heavy atom. The first-order chi connectivity index (χ1) is 12.8. The maximum Gasteiger partial charge on any atom is 0.306 e. The lowest BCUT2D eigenvalue weighted by atomic mass is 10.0. The van der Waals surface area contributed by atoms with Crippen molar-refractivity contribution in [3.05, 3.63) is 0 Å². The molecule has 27 heavy (non-hydrogen) atoms. The molecule has 0 aliphatic carbocycles. The molecule has 0 saturated heterocycles. The second kappa shape index (κ2) is 17.1. The summed E-state index contributed by atoms with van der Waals surface area (Å²) < 4.78 is 10.5. The SMILES string of the molecule is CC(C)CCCCCCC(=O)OCC(C)OC(=O)CCCCCCC(C)C. The lowest BCUT2D eigenvalue weighted by Crippen LogP contribution is -2.22. The Hall–Kier alpha value is -1.06. The van der Waals surface area contributed by atoms with Gasteiger partial charge in [-0.3, -0.25) is 9.59 Å². The van der Waals surface area contributed by atoms with Gasteiger partial charge in [-0.05, 0) is 31.6 Å². The molecule has 4 nitrogen and oxygen atoms in total. The van der Waals surface area contributed by atoms with Crippen LogP contribution in [0.25, 0.3) is 0 Å². The van der Waals surface area contributed by atoms with Crippen LogP contribution in [0, 0.1) is 11.8 Å². The molecule has 0 bridgehead atoms. The van der Waals surface area contributed by atoms with Crippen molar-refractivity contribution < 1.29 is 19.1 Å². The van der Waals surface area contributed by atoms with E-state index in [1.54, 1.807) is 6.92 Å². The Balaban J connectivity index is 3.55. The average molecular weight is 385 g/mol. The van der Waals surface area contributed by atoms with Crippen molar-refractivity contribution in [1.29, 1.82) is 0 Å². The number of carbonyl (C=O) groups is 2. The fraction of sp³-hybridized carbons (Fsp3) is 0.913. The highest BCUT2D eigenvalue weighted by Gasteiger charge is 2.12. The van der Waals surface area contributed by atoms with E-state index in [2.05, 4.69) is 27.7 Å². The molecule has 0 radical (unpaired) electrons. The van der Waals surface area contributed by atoms with Crippen LogP contribution in [0.2, 0.25) is 0 Å². The van der Waals surface area contributed by atoms with E-state index in [1.807, 2.05) is 0 Å². The molecule has 0 aliphatic rings. The minimum absolute atomic E-state index is 0.159. The molecule has 0 aliphatic heterocycles. The smallest absolute Gasteiger partial charge is 0.306 e. The van der Waals surface area contributed by atoms with Crippen LogP contribution in [0.15, 0.2) is 0 Å². The van der Waals surface area contributed by atoms with Gasteiger partial charge >= 0.3 is 11.9 Å². The van der Waals surface area contributed by atoms with Crippen LogP contribution in [0.5, 0.6) is 0 Å². The summed E-state index contributed by atoms with van der Waals surface area (Å²) in [4.78, 5) is 23.5. The summed E-state index contributed by atoms with van der Waals surface area (Å²) in [7, 11) is 0. The van der Waals surface area contributed by atoms with Gasteiger partial charge in [-0.2, -0.15) is 0 Å². The van der Waals surface area contributed by atoms with Crippen molar-refractivity contribution in [2.75, 3.05) is 6.61 Å². The molecule has 0 heterocycles. The summed E-state index contributed by atoms with van der Waals surface area (Å²) in [5, 5.41) is 0. The van der Waals surface area contributed by atoms with E-state index in [-0.39, 0.29) is 24.6 Å². The number of esters is 2. The van der Waals surface area contributed by atoms with Crippen molar-refractivity contribution in [1.82, 2.24) is 0 Å². The van der Waals surface area contributed by atoms with Crippen LogP contribution in [0.4, 0.5) is 0 Å². The molecule has 160 valence electrons. The Morgan fingerprint density at radius 2 is 1.07 bits per heavy atom. The molecule has 0 aromatic heterocycles. The quantitative estimate of drug-likeness (QED) is 0.213. The van der Waals surface area contributed by atoms with Crippen molar-refractivity contribution in [3.63, 3.8) is 0 Å². The number of unbranched alkanes of at least 4 members (excludes halogenated alkanes) is 6. The lowest BCUT2D eigenvalue weighted by Gasteiger charge is -2.13. The number of hydrogen-bond acceptors (Lipinski definition) is 4. The zero-order valence-electron chi connectivity index (χ0n) is 18.6. The zero-order chi connectivity index (χ0) is 20.5. The summed E-state index contributed by atoms with van der Waals surface area (Å²) in [6.07, 6.45) is 11.8. The largest absolute Gasteiger partial charge is 0.462 e. The Labute approximate surface area is 167 Å². The standard InChI is InChI=1S/C23H44O4/c1-19(2)14-10-6-8-12-16-22(24)26-18-21(5)27-23(25)17-13-9-7-11-15-20(3)4/h19-21H,6-18H2,1-5H3. The minimum Gasteiger partial charge on any atom is -0.462 e. The third kappa shape index (κ3) is 19.5. The van der Waals surface area contributed by atoms with Gasteiger partial charge in [0.1, 0.15) is 12.7 Å². The fourth-order valence-electron chi connectivity index (χ4n) is 2.95. The van der Waals surface area contributed by atoms with Crippen molar-refractivity contribution in [3.8, 4) is 0 Å². The molecule has 0 fully saturated rings. The Bertz CT molecular complexity index is 377. The first kappa shape index (κ1) is 25.9. The Kier molecular flexibility index (Phi) is 16.4. The molecule has 0 N–H and O–H groups in total. The van der Waals surface area contributed by atoms with Gasteiger partial charge in [-0.15, -0.1) is 0 Å². The Morgan fingerprint density at radius 3 is 1.56 bits per heavy atom. The lowest BCUT2D eigenvalue weighted by molar-refractivity contribution is -0.158. The van der Waals surface area contributed by atoms with E-state index < -0.39 is 0 Å². The summed E-state index contributed by atoms with van der Waals surface area (Å²) in [6.45, 7) is 10.9. The van der Waals surface area contributed by atoms with Crippen molar-refractivity contribution in [2.45, 2.75) is 118 Å². The highest BCUT2D eigenvalue weighted by atomic mass is 16.6. The fourth-order valence-corrected chi connectivity index (χ4v) is 2.95. The zero-order valence-corrected chi connectivity index (χ0v) is 18.6. The molecule has 1 unspecified atom stereocenters. The molecule has 0 spiro atoms. The monoisotopic (exact) mass is 384 g/mol. The van der Waals surface area contributed by atoms with Gasteiger partial charge in [0.05, 0.1) is 0 Å². The highest BCUT2D eigenvalue weighted by molar-refractivity contribution is 5.70. The van der Waals surface area contributed by atoms with Gasteiger partial charge in [0, 0.05) is 12.8 Å². The summed E-state index contributed by atoms with van der Waals surface area (Å²) in [6, 6.07) is 0. The van der Waals surface area contributed by atoms with Gasteiger partial charge in [0.2, 0.25) is 0 Å². The molecular formula is C23H44O4. The number of rotatable bonds is 17. The van der Waals surface area contributed by atoms with Crippen molar-refractivity contribution in [2.24, 2.45) is 11.8 Å². The second-order valence-electron chi connectivity index (χ2n) is 8.68. The normalized spacial score (nSPS) is 12.4. The van der Waals surface area contributed by atoms with Crippen LogP contribution in [-0.2, 0) is 19.1 Å². The predicted octanol–water partition coefficient (Wildman–Crippen LogP) is 6.45. The third-order valence-corrected chi connectivity index (χ3v) is 4.64. The average Bonchev–Trinajstić information content (AvgIpc) is 2.58. The van der Waals surface area contributed by atoms with E-state index in [1.165, 1.54) is 38.5 Å². The van der Waals surface area contributed by atoms with Crippen LogP contribution in [0.3, 0.4) is 0 Å². The van der Waals surface area contributed by atoms with Crippen molar-refractivity contribution >= 4 is 11.9 Å². The topological polar surface area (TPSA) is 52.6 Å². The summed E-state index contributed by atoms with van der Waals surface area (Å²) in [5.41, 5.74) is 0.